The van der Waals surface area contributed by atoms with Crippen molar-refractivity contribution in [2.75, 3.05) is 26.3 Å². The molecule has 98 valence electrons. The first-order chi connectivity index (χ1) is 7.97. The molecule has 0 aromatic rings. The van der Waals surface area contributed by atoms with Crippen molar-refractivity contribution in [3.63, 3.8) is 0 Å². The van der Waals surface area contributed by atoms with E-state index in [-0.39, 0.29) is 18.2 Å². The van der Waals surface area contributed by atoms with Crippen molar-refractivity contribution in [2.45, 2.75) is 44.9 Å². The zero-order valence-electron chi connectivity index (χ0n) is 10.9. The van der Waals surface area contributed by atoms with Crippen LogP contribution in [0.3, 0.4) is 0 Å². The minimum absolute atomic E-state index is 0.190. The van der Waals surface area contributed by atoms with E-state index in [9.17, 15) is 4.79 Å². The molecule has 0 aromatic carbocycles. The van der Waals surface area contributed by atoms with Gasteiger partial charge in [-0.3, -0.25) is 4.90 Å². The highest BCUT2D eigenvalue weighted by Crippen LogP contribution is 2.21. The van der Waals surface area contributed by atoms with Crippen LogP contribution in [0.1, 0.15) is 27.2 Å². The number of rotatable bonds is 2. The van der Waals surface area contributed by atoms with Crippen molar-refractivity contribution in [3.05, 3.63) is 0 Å². The first kappa shape index (κ1) is 12.6. The summed E-state index contributed by atoms with van der Waals surface area (Å²) in [5.41, 5.74) is -0.439. The van der Waals surface area contributed by atoms with Crippen LogP contribution in [0.2, 0.25) is 0 Å². The van der Waals surface area contributed by atoms with E-state index >= 15 is 0 Å². The van der Waals surface area contributed by atoms with Crippen molar-refractivity contribution in [1.82, 2.24) is 10.2 Å². The van der Waals surface area contributed by atoms with Gasteiger partial charge in [-0.2, -0.15) is 0 Å². The van der Waals surface area contributed by atoms with Gasteiger partial charge in [-0.15, -0.1) is 0 Å². The summed E-state index contributed by atoms with van der Waals surface area (Å²) < 4.78 is 10.7. The zero-order valence-corrected chi connectivity index (χ0v) is 10.9. The maximum atomic E-state index is 12.2. The molecule has 0 saturated carbocycles. The monoisotopic (exact) mass is 242 g/mol. The molecule has 0 spiro atoms. The molecule has 17 heavy (non-hydrogen) atoms. The van der Waals surface area contributed by atoms with Crippen molar-refractivity contribution in [1.29, 1.82) is 0 Å². The topological polar surface area (TPSA) is 50.8 Å². The summed E-state index contributed by atoms with van der Waals surface area (Å²) in [5.74, 6) is 0. The quantitative estimate of drug-likeness (QED) is 0.784. The molecule has 2 rings (SSSR count). The fraction of sp³-hybridized carbons (Fsp3) is 0.917. The van der Waals surface area contributed by atoms with Gasteiger partial charge in [0.1, 0.15) is 5.60 Å². The summed E-state index contributed by atoms with van der Waals surface area (Å²) in [7, 11) is 0. The third-order valence-corrected chi connectivity index (χ3v) is 3.05. The van der Waals surface area contributed by atoms with Gasteiger partial charge in [0.05, 0.1) is 19.3 Å². The van der Waals surface area contributed by atoms with E-state index in [1.807, 2.05) is 25.7 Å². The average Bonchev–Trinajstić information content (AvgIpc) is 2.59. The van der Waals surface area contributed by atoms with Crippen LogP contribution < -0.4 is 5.32 Å². The highest BCUT2D eigenvalue weighted by atomic mass is 16.6. The summed E-state index contributed by atoms with van der Waals surface area (Å²) in [6, 6.07) is 0.438. The van der Waals surface area contributed by atoms with Gasteiger partial charge in [-0.05, 0) is 33.7 Å². The molecular weight excluding hydrogens is 220 g/mol. The van der Waals surface area contributed by atoms with Gasteiger partial charge in [0.15, 0.2) is 0 Å². The van der Waals surface area contributed by atoms with Gasteiger partial charge in [0.2, 0.25) is 0 Å². The van der Waals surface area contributed by atoms with Gasteiger partial charge < -0.3 is 14.8 Å². The Morgan fingerprint density at radius 1 is 1.35 bits per heavy atom. The second kappa shape index (κ2) is 4.82. The van der Waals surface area contributed by atoms with E-state index in [1.54, 1.807) is 0 Å². The number of ether oxygens (including phenoxy) is 2. The van der Waals surface area contributed by atoms with Gasteiger partial charge in [-0.25, -0.2) is 4.79 Å². The van der Waals surface area contributed by atoms with E-state index < -0.39 is 5.60 Å². The average molecular weight is 242 g/mol. The maximum absolute atomic E-state index is 12.2. The molecule has 1 atom stereocenters. The van der Waals surface area contributed by atoms with Crippen LogP contribution in [0, 0.1) is 0 Å². The Hall–Kier alpha value is -0.810. The smallest absolute Gasteiger partial charge is 0.410 e. The molecule has 1 unspecified atom stereocenters. The molecular formula is C12H22N2O3. The predicted octanol–water partition coefficient (Wildman–Crippen LogP) is 0.984. The van der Waals surface area contributed by atoms with Gasteiger partial charge in [0.25, 0.3) is 0 Å². The van der Waals surface area contributed by atoms with Crippen LogP contribution in [0.5, 0.6) is 0 Å². The maximum Gasteiger partial charge on any atom is 0.410 e. The molecule has 2 heterocycles. The van der Waals surface area contributed by atoms with Gasteiger partial charge >= 0.3 is 6.09 Å². The Labute approximate surface area is 102 Å². The fourth-order valence-electron chi connectivity index (χ4n) is 2.17. The molecule has 0 aliphatic carbocycles. The van der Waals surface area contributed by atoms with E-state index in [4.69, 9.17) is 9.47 Å². The lowest BCUT2D eigenvalue weighted by atomic mass is 10.1. The summed E-state index contributed by atoms with van der Waals surface area (Å²) in [6.07, 6.45) is 0.787. The Kier molecular flexibility index (Phi) is 3.58. The lowest BCUT2D eigenvalue weighted by Gasteiger charge is -2.41. The number of carbonyl (C=O) groups is 1. The summed E-state index contributed by atoms with van der Waals surface area (Å²) in [5, 5.41) is 3.28. The summed E-state index contributed by atoms with van der Waals surface area (Å²) in [4.78, 5) is 14.1. The van der Waals surface area contributed by atoms with Crippen molar-refractivity contribution in [2.24, 2.45) is 0 Å². The molecule has 1 amide bonds. The normalized spacial score (nSPS) is 25.5. The minimum atomic E-state index is -0.439. The zero-order chi connectivity index (χ0) is 12.5. The van der Waals surface area contributed by atoms with Crippen LogP contribution >= 0.6 is 0 Å². The highest BCUT2D eigenvalue weighted by Gasteiger charge is 2.38. The summed E-state index contributed by atoms with van der Waals surface area (Å²) in [6.45, 7) is 8.78. The number of nitrogens with one attached hydrogen (secondary N) is 1. The van der Waals surface area contributed by atoms with E-state index in [2.05, 4.69) is 5.32 Å². The standard InChI is InChI=1S/C12H22N2O3/c1-12(2,3)17-11(15)14(10-7-16-8-10)9-4-5-13-6-9/h9-10,13H,4-8H2,1-3H3. The molecule has 1 N–H and O–H groups in total. The number of carbonyl (C=O) groups excluding carboxylic acids is 1. The second-order valence-corrected chi connectivity index (χ2v) is 5.73. The molecule has 0 bridgehead atoms. The molecule has 0 aromatic heterocycles. The van der Waals surface area contributed by atoms with Crippen molar-refractivity contribution < 1.29 is 14.3 Å². The number of nitrogens with zero attached hydrogens (tertiary/aromatic N) is 1. The van der Waals surface area contributed by atoms with Gasteiger partial charge in [0, 0.05) is 12.6 Å². The molecule has 2 fully saturated rings. The molecule has 2 saturated heterocycles. The first-order valence-electron chi connectivity index (χ1n) is 6.27. The number of hydrogen-bond acceptors (Lipinski definition) is 4. The van der Waals surface area contributed by atoms with Crippen LogP contribution in [-0.4, -0.2) is 55.0 Å². The third-order valence-electron chi connectivity index (χ3n) is 3.05. The van der Waals surface area contributed by atoms with Crippen LogP contribution in [0.25, 0.3) is 0 Å². The Morgan fingerprint density at radius 3 is 2.47 bits per heavy atom. The largest absolute Gasteiger partial charge is 0.444 e. The molecule has 5 nitrogen and oxygen atoms in total. The van der Waals surface area contributed by atoms with Gasteiger partial charge in [-0.1, -0.05) is 0 Å². The van der Waals surface area contributed by atoms with E-state index in [1.165, 1.54) is 0 Å². The van der Waals surface area contributed by atoms with Crippen LogP contribution in [0.15, 0.2) is 0 Å². The van der Waals surface area contributed by atoms with Crippen molar-refractivity contribution in [3.8, 4) is 0 Å². The molecule has 0 radical (unpaired) electrons. The second-order valence-electron chi connectivity index (χ2n) is 5.73. The highest BCUT2D eigenvalue weighted by molar-refractivity contribution is 5.69. The molecule has 5 heteroatoms. The minimum Gasteiger partial charge on any atom is -0.444 e. The number of amides is 1. The summed E-state index contributed by atoms with van der Waals surface area (Å²) >= 11 is 0. The van der Waals surface area contributed by atoms with E-state index in [0.29, 0.717) is 13.2 Å². The lowest BCUT2D eigenvalue weighted by Crippen LogP contribution is -2.57. The van der Waals surface area contributed by atoms with Crippen LogP contribution in [0.4, 0.5) is 4.79 Å². The SMILES string of the molecule is CC(C)(C)OC(=O)N(C1CCNC1)C1COC1. The Morgan fingerprint density at radius 2 is 2.06 bits per heavy atom. The third kappa shape index (κ3) is 3.10. The number of hydrogen-bond donors (Lipinski definition) is 1. The Balaban J connectivity index is 2.01. The fourth-order valence-corrected chi connectivity index (χ4v) is 2.17. The Bertz CT molecular complexity index is 278. The lowest BCUT2D eigenvalue weighted by molar-refractivity contribution is -0.0806. The molecule has 2 aliphatic rings. The van der Waals surface area contributed by atoms with E-state index in [0.717, 1.165) is 19.5 Å². The first-order valence-corrected chi connectivity index (χ1v) is 6.27. The van der Waals surface area contributed by atoms with Crippen molar-refractivity contribution >= 4 is 6.09 Å². The molecule has 2 aliphatic heterocycles. The van der Waals surface area contributed by atoms with Crippen LogP contribution in [-0.2, 0) is 9.47 Å². The predicted molar refractivity (Wildman–Crippen MR) is 64.0 cm³/mol.